The van der Waals surface area contributed by atoms with Gasteiger partial charge in [0.2, 0.25) is 0 Å². The van der Waals surface area contributed by atoms with Gasteiger partial charge in [0.25, 0.3) is 0 Å². The monoisotopic (exact) mass is 444 g/mol. The highest BCUT2D eigenvalue weighted by Crippen LogP contribution is 2.42. The van der Waals surface area contributed by atoms with Gasteiger partial charge in [-0.05, 0) is 36.0 Å². The Hall–Kier alpha value is -3.20. The smallest absolute Gasteiger partial charge is 0.165 e. The topological polar surface area (TPSA) is 84.7 Å². The molecule has 9 heteroatoms. The summed E-state index contributed by atoms with van der Waals surface area (Å²) in [5.41, 5.74) is 3.97. The molecule has 1 N–H and O–H groups in total. The molecule has 1 fully saturated rings. The van der Waals surface area contributed by atoms with E-state index >= 15 is 0 Å². The summed E-state index contributed by atoms with van der Waals surface area (Å²) in [6.45, 7) is 7.34. The molecule has 4 aromatic rings. The standard InChI is InChI=1S/C23H24N8S/c1-14-7-15(2)10-30(9-14)21-19-22(27-12-26-21)31(13-28-19)11-16-3-4-18-17(8-16)29-20-23(32-18)25-6-5-24-20/h3-6,8,12-15H,7,9-11H2,1-2H3,(H,24,29). The maximum absolute atomic E-state index is 4.72. The highest BCUT2D eigenvalue weighted by atomic mass is 32.2. The number of hydrogen-bond donors (Lipinski definition) is 1. The molecule has 2 atom stereocenters. The molecule has 2 aliphatic heterocycles. The Morgan fingerprint density at radius 1 is 1.03 bits per heavy atom. The summed E-state index contributed by atoms with van der Waals surface area (Å²) in [4.78, 5) is 26.2. The first kappa shape index (κ1) is 19.5. The summed E-state index contributed by atoms with van der Waals surface area (Å²) in [5, 5.41) is 4.31. The minimum atomic E-state index is 0.654. The van der Waals surface area contributed by atoms with Crippen LogP contribution in [0.5, 0.6) is 0 Å². The van der Waals surface area contributed by atoms with E-state index in [2.05, 4.69) is 66.8 Å². The number of nitrogens with zero attached hydrogens (tertiary/aromatic N) is 7. The normalized spacial score (nSPS) is 20.0. The van der Waals surface area contributed by atoms with Crippen LogP contribution in [0.3, 0.4) is 0 Å². The van der Waals surface area contributed by atoms with Gasteiger partial charge in [0.1, 0.15) is 11.4 Å². The molecule has 2 unspecified atom stereocenters. The van der Waals surface area contributed by atoms with Crippen LogP contribution >= 0.6 is 11.8 Å². The molecule has 0 amide bonds. The largest absolute Gasteiger partial charge is 0.354 e. The Labute approximate surface area is 190 Å². The second-order valence-electron chi connectivity index (χ2n) is 8.86. The lowest BCUT2D eigenvalue weighted by Gasteiger charge is -2.35. The number of fused-ring (bicyclic) bond motifs is 3. The maximum atomic E-state index is 4.72. The number of aromatic nitrogens is 6. The van der Waals surface area contributed by atoms with Gasteiger partial charge in [0.15, 0.2) is 22.8 Å². The first-order chi connectivity index (χ1) is 15.6. The van der Waals surface area contributed by atoms with Crippen LogP contribution in [0.25, 0.3) is 11.2 Å². The van der Waals surface area contributed by atoms with Crippen LogP contribution in [0.2, 0.25) is 0 Å². The lowest BCUT2D eigenvalue weighted by molar-refractivity contribution is 0.355. The molecular formula is C23H24N8S. The fourth-order valence-corrected chi connectivity index (χ4v) is 5.71. The molecule has 0 saturated carbocycles. The van der Waals surface area contributed by atoms with Gasteiger partial charge < -0.3 is 14.8 Å². The van der Waals surface area contributed by atoms with Gasteiger partial charge in [-0.25, -0.2) is 24.9 Å². The Bertz CT molecular complexity index is 1290. The van der Waals surface area contributed by atoms with E-state index in [9.17, 15) is 0 Å². The summed E-state index contributed by atoms with van der Waals surface area (Å²) < 4.78 is 2.10. The molecule has 2 aliphatic rings. The number of anilines is 3. The van der Waals surface area contributed by atoms with Crippen LogP contribution in [0.4, 0.5) is 17.3 Å². The molecule has 3 aromatic heterocycles. The molecule has 5 heterocycles. The van der Waals surface area contributed by atoms with Crippen molar-refractivity contribution in [3.05, 3.63) is 48.8 Å². The summed E-state index contributed by atoms with van der Waals surface area (Å²) in [6, 6.07) is 6.45. The molecule has 8 nitrogen and oxygen atoms in total. The minimum Gasteiger partial charge on any atom is -0.354 e. The van der Waals surface area contributed by atoms with Crippen LogP contribution in [-0.4, -0.2) is 42.6 Å². The average molecular weight is 445 g/mol. The zero-order valence-electron chi connectivity index (χ0n) is 18.1. The van der Waals surface area contributed by atoms with Crippen molar-refractivity contribution in [3.8, 4) is 0 Å². The second-order valence-corrected chi connectivity index (χ2v) is 9.89. The number of nitrogens with one attached hydrogen (secondary N) is 1. The van der Waals surface area contributed by atoms with Gasteiger partial charge in [-0.15, -0.1) is 0 Å². The summed E-state index contributed by atoms with van der Waals surface area (Å²) in [5.74, 6) is 3.06. The highest BCUT2D eigenvalue weighted by Gasteiger charge is 2.25. The third kappa shape index (κ3) is 3.46. The Balaban J connectivity index is 1.29. The van der Waals surface area contributed by atoms with Gasteiger partial charge in [0.05, 0.1) is 18.6 Å². The van der Waals surface area contributed by atoms with Crippen molar-refractivity contribution >= 4 is 40.2 Å². The molecule has 6 rings (SSSR count). The Morgan fingerprint density at radius 2 is 1.88 bits per heavy atom. The van der Waals surface area contributed by atoms with Crippen molar-refractivity contribution in [1.29, 1.82) is 0 Å². The molecule has 0 aliphatic carbocycles. The zero-order valence-corrected chi connectivity index (χ0v) is 18.9. The summed E-state index contributed by atoms with van der Waals surface area (Å²) in [6.07, 6.45) is 8.24. The Kier molecular flexibility index (Phi) is 4.71. The van der Waals surface area contributed by atoms with E-state index in [1.54, 1.807) is 30.5 Å². The van der Waals surface area contributed by atoms with Crippen molar-refractivity contribution in [3.63, 3.8) is 0 Å². The molecule has 32 heavy (non-hydrogen) atoms. The number of benzene rings is 1. The first-order valence-corrected chi connectivity index (χ1v) is 11.8. The van der Waals surface area contributed by atoms with E-state index in [4.69, 9.17) is 4.98 Å². The van der Waals surface area contributed by atoms with Gasteiger partial charge in [0, 0.05) is 30.4 Å². The van der Waals surface area contributed by atoms with Crippen LogP contribution in [0, 0.1) is 11.8 Å². The van der Waals surface area contributed by atoms with Gasteiger partial charge in [-0.1, -0.05) is 31.7 Å². The quantitative estimate of drug-likeness (QED) is 0.440. The van der Waals surface area contributed by atoms with Gasteiger partial charge >= 0.3 is 0 Å². The first-order valence-electron chi connectivity index (χ1n) is 10.9. The molecule has 0 radical (unpaired) electrons. The van der Waals surface area contributed by atoms with E-state index in [0.29, 0.717) is 18.4 Å². The van der Waals surface area contributed by atoms with E-state index in [1.165, 1.54) is 12.0 Å². The van der Waals surface area contributed by atoms with Gasteiger partial charge in [-0.2, -0.15) is 0 Å². The highest BCUT2D eigenvalue weighted by molar-refractivity contribution is 7.99. The fourth-order valence-electron chi connectivity index (χ4n) is 4.83. The minimum absolute atomic E-state index is 0.654. The number of hydrogen-bond acceptors (Lipinski definition) is 8. The van der Waals surface area contributed by atoms with E-state index in [1.807, 2.05) is 6.33 Å². The predicted molar refractivity (Wildman–Crippen MR) is 125 cm³/mol. The van der Waals surface area contributed by atoms with Crippen LogP contribution in [0.1, 0.15) is 25.8 Å². The van der Waals surface area contributed by atoms with E-state index in [-0.39, 0.29) is 0 Å². The van der Waals surface area contributed by atoms with Crippen LogP contribution < -0.4 is 10.2 Å². The predicted octanol–water partition coefficient (Wildman–Crippen LogP) is 4.36. The third-order valence-corrected chi connectivity index (χ3v) is 7.14. The third-order valence-electron chi connectivity index (χ3n) is 6.07. The maximum Gasteiger partial charge on any atom is 0.165 e. The lowest BCUT2D eigenvalue weighted by Crippen LogP contribution is -2.39. The molecular weight excluding hydrogens is 420 g/mol. The molecule has 1 saturated heterocycles. The number of imidazole rings is 1. The Morgan fingerprint density at radius 3 is 2.75 bits per heavy atom. The van der Waals surface area contributed by atoms with Crippen molar-refractivity contribution in [2.75, 3.05) is 23.3 Å². The SMILES string of the molecule is CC1CC(C)CN(c2ncnc3c2ncn3Cc2ccc3c(c2)Nc2nccnc2S3)C1. The number of rotatable bonds is 3. The molecule has 162 valence electrons. The summed E-state index contributed by atoms with van der Waals surface area (Å²) >= 11 is 1.64. The van der Waals surface area contributed by atoms with Crippen molar-refractivity contribution in [2.24, 2.45) is 11.8 Å². The van der Waals surface area contributed by atoms with Crippen molar-refractivity contribution < 1.29 is 0 Å². The van der Waals surface area contributed by atoms with Crippen LogP contribution in [0.15, 0.2) is 53.2 Å². The van der Waals surface area contributed by atoms with Crippen LogP contribution in [-0.2, 0) is 6.54 Å². The molecule has 0 bridgehead atoms. The van der Waals surface area contributed by atoms with E-state index < -0.39 is 0 Å². The van der Waals surface area contributed by atoms with Gasteiger partial charge in [-0.3, -0.25) is 0 Å². The molecule has 1 aromatic carbocycles. The van der Waals surface area contributed by atoms with E-state index in [0.717, 1.165) is 51.5 Å². The summed E-state index contributed by atoms with van der Waals surface area (Å²) in [7, 11) is 0. The molecule has 0 spiro atoms. The zero-order chi connectivity index (χ0) is 21.7. The van der Waals surface area contributed by atoms with Crippen molar-refractivity contribution in [1.82, 2.24) is 29.5 Å². The van der Waals surface area contributed by atoms with Crippen molar-refractivity contribution in [2.45, 2.75) is 36.7 Å². The fraction of sp³-hybridized carbons (Fsp3) is 0.348. The number of piperidine rings is 1. The second kappa shape index (κ2) is 7.74. The lowest BCUT2D eigenvalue weighted by atomic mass is 9.92. The average Bonchev–Trinajstić information content (AvgIpc) is 3.20.